The smallest absolute Gasteiger partial charge is 0.279 e. The van der Waals surface area contributed by atoms with Crippen molar-refractivity contribution < 1.29 is 8.42 Å². The first-order valence-electron chi connectivity index (χ1n) is 5.27. The summed E-state index contributed by atoms with van der Waals surface area (Å²) in [5, 5.41) is 3.94. The molecule has 1 heterocycles. The van der Waals surface area contributed by atoms with Crippen LogP contribution < -0.4 is 10.5 Å². The number of aromatic nitrogens is 2. The topological polar surface area (TPSA) is 90.0 Å². The Labute approximate surface area is 105 Å². The number of benzene rings is 1. The molecule has 0 amide bonds. The van der Waals surface area contributed by atoms with Gasteiger partial charge in [-0.05, 0) is 30.7 Å². The average molecular weight is 266 g/mol. The first-order chi connectivity index (χ1) is 8.40. The highest BCUT2D eigenvalue weighted by Crippen LogP contribution is 2.21. The third-order valence-corrected chi connectivity index (χ3v) is 4.00. The summed E-state index contributed by atoms with van der Waals surface area (Å²) in [4.78, 5) is 0. The number of aryl methyl sites for hydroxylation is 2. The summed E-state index contributed by atoms with van der Waals surface area (Å²) in [5.74, 6) is 0. The number of nitrogens with one attached hydrogen (secondary N) is 1. The molecular weight excluding hydrogens is 252 g/mol. The van der Waals surface area contributed by atoms with E-state index in [4.69, 9.17) is 5.73 Å². The molecule has 6 nitrogen and oxygen atoms in total. The van der Waals surface area contributed by atoms with Gasteiger partial charge in [0.05, 0.1) is 11.9 Å². The van der Waals surface area contributed by atoms with Crippen molar-refractivity contribution in [3.05, 3.63) is 36.0 Å². The molecule has 1 aromatic heterocycles. The largest absolute Gasteiger partial charge is 0.399 e. The second-order valence-corrected chi connectivity index (χ2v) is 5.60. The number of hydrogen-bond acceptors (Lipinski definition) is 4. The molecule has 18 heavy (non-hydrogen) atoms. The van der Waals surface area contributed by atoms with Gasteiger partial charge in [-0.1, -0.05) is 6.07 Å². The molecule has 2 aromatic rings. The van der Waals surface area contributed by atoms with Gasteiger partial charge in [0, 0.05) is 12.7 Å². The number of nitrogens with two attached hydrogens (primary N) is 1. The van der Waals surface area contributed by atoms with Crippen molar-refractivity contribution in [1.82, 2.24) is 9.78 Å². The molecule has 0 spiro atoms. The van der Waals surface area contributed by atoms with Crippen molar-refractivity contribution >= 4 is 21.4 Å². The van der Waals surface area contributed by atoms with Crippen LogP contribution in [0.15, 0.2) is 35.5 Å². The van der Waals surface area contributed by atoms with E-state index in [0.717, 1.165) is 5.56 Å². The van der Waals surface area contributed by atoms with E-state index in [1.54, 1.807) is 32.2 Å². The Morgan fingerprint density at radius 1 is 1.33 bits per heavy atom. The molecule has 0 saturated heterocycles. The van der Waals surface area contributed by atoms with Crippen LogP contribution >= 0.6 is 0 Å². The molecule has 0 saturated carbocycles. The lowest BCUT2D eigenvalue weighted by molar-refractivity contribution is 0.582. The standard InChI is InChI=1S/C11H14N4O2S/c1-8-3-4-9(12)7-10(8)14-18(16,17)11-5-6-13-15(11)2/h3-7,14H,12H2,1-2H3. The van der Waals surface area contributed by atoms with Crippen LogP contribution in [0.25, 0.3) is 0 Å². The second-order valence-electron chi connectivity index (χ2n) is 3.97. The summed E-state index contributed by atoms with van der Waals surface area (Å²) in [6.45, 7) is 1.81. The highest BCUT2D eigenvalue weighted by molar-refractivity contribution is 7.92. The predicted octanol–water partition coefficient (Wildman–Crippen LogP) is 1.11. The Morgan fingerprint density at radius 2 is 2.06 bits per heavy atom. The summed E-state index contributed by atoms with van der Waals surface area (Å²) in [7, 11) is -2.07. The van der Waals surface area contributed by atoms with Gasteiger partial charge in [-0.2, -0.15) is 13.5 Å². The number of hydrogen-bond donors (Lipinski definition) is 2. The predicted molar refractivity (Wildman–Crippen MR) is 69.6 cm³/mol. The van der Waals surface area contributed by atoms with Gasteiger partial charge in [-0.25, -0.2) is 0 Å². The summed E-state index contributed by atoms with van der Waals surface area (Å²) in [6, 6.07) is 6.50. The number of nitrogens with zero attached hydrogens (tertiary/aromatic N) is 2. The van der Waals surface area contributed by atoms with E-state index in [2.05, 4.69) is 9.82 Å². The molecule has 0 bridgehead atoms. The lowest BCUT2D eigenvalue weighted by Crippen LogP contribution is -2.17. The molecule has 0 aliphatic heterocycles. The molecule has 2 rings (SSSR count). The number of sulfonamides is 1. The number of anilines is 2. The monoisotopic (exact) mass is 266 g/mol. The van der Waals surface area contributed by atoms with Crippen molar-refractivity contribution in [2.45, 2.75) is 11.9 Å². The van der Waals surface area contributed by atoms with Crippen molar-refractivity contribution in [2.24, 2.45) is 7.05 Å². The highest BCUT2D eigenvalue weighted by atomic mass is 32.2. The SMILES string of the molecule is Cc1ccc(N)cc1NS(=O)(=O)c1ccnn1C. The normalized spacial score (nSPS) is 11.4. The van der Waals surface area contributed by atoms with Gasteiger partial charge in [0.25, 0.3) is 10.0 Å². The van der Waals surface area contributed by atoms with Crippen LogP contribution in [0.4, 0.5) is 11.4 Å². The molecule has 0 radical (unpaired) electrons. The zero-order valence-corrected chi connectivity index (χ0v) is 10.9. The van der Waals surface area contributed by atoms with E-state index in [1.165, 1.54) is 16.9 Å². The summed E-state index contributed by atoms with van der Waals surface area (Å²) in [5.41, 5.74) is 7.42. The first-order valence-corrected chi connectivity index (χ1v) is 6.75. The van der Waals surface area contributed by atoms with Crippen LogP contribution in [-0.4, -0.2) is 18.2 Å². The Hall–Kier alpha value is -2.02. The van der Waals surface area contributed by atoms with Crippen molar-refractivity contribution in [2.75, 3.05) is 10.5 Å². The maximum absolute atomic E-state index is 12.1. The minimum atomic E-state index is -3.65. The van der Waals surface area contributed by atoms with Gasteiger partial charge in [-0.3, -0.25) is 9.40 Å². The first kappa shape index (κ1) is 12.4. The molecule has 0 unspecified atom stereocenters. The Bertz CT molecular complexity index is 676. The van der Waals surface area contributed by atoms with Crippen LogP contribution in [0.5, 0.6) is 0 Å². The molecule has 1 aromatic carbocycles. The van der Waals surface area contributed by atoms with Gasteiger partial charge in [0.2, 0.25) is 0 Å². The fourth-order valence-electron chi connectivity index (χ4n) is 1.57. The molecule has 0 aliphatic rings. The third kappa shape index (κ3) is 2.30. The van der Waals surface area contributed by atoms with E-state index in [0.29, 0.717) is 11.4 Å². The molecule has 0 fully saturated rings. The molecule has 96 valence electrons. The Morgan fingerprint density at radius 3 is 2.67 bits per heavy atom. The molecule has 3 N–H and O–H groups in total. The number of rotatable bonds is 3. The molecular formula is C11H14N4O2S. The van der Waals surface area contributed by atoms with Gasteiger partial charge >= 0.3 is 0 Å². The van der Waals surface area contributed by atoms with Crippen LogP contribution in [-0.2, 0) is 17.1 Å². The Kier molecular flexibility index (Phi) is 3.00. The van der Waals surface area contributed by atoms with Gasteiger partial charge in [-0.15, -0.1) is 0 Å². The summed E-state index contributed by atoms with van der Waals surface area (Å²) < 4.78 is 28.1. The van der Waals surface area contributed by atoms with Crippen LogP contribution in [0.2, 0.25) is 0 Å². The minimum Gasteiger partial charge on any atom is -0.399 e. The van der Waals surface area contributed by atoms with E-state index in [1.807, 2.05) is 0 Å². The van der Waals surface area contributed by atoms with Crippen LogP contribution in [0.3, 0.4) is 0 Å². The summed E-state index contributed by atoms with van der Waals surface area (Å²) in [6.07, 6.45) is 1.43. The van der Waals surface area contributed by atoms with Gasteiger partial charge in [0.1, 0.15) is 0 Å². The molecule has 7 heteroatoms. The zero-order valence-electron chi connectivity index (χ0n) is 10.1. The van der Waals surface area contributed by atoms with Crippen molar-refractivity contribution in [1.29, 1.82) is 0 Å². The van der Waals surface area contributed by atoms with E-state index in [9.17, 15) is 8.42 Å². The van der Waals surface area contributed by atoms with E-state index in [-0.39, 0.29) is 5.03 Å². The molecule has 0 atom stereocenters. The van der Waals surface area contributed by atoms with E-state index < -0.39 is 10.0 Å². The van der Waals surface area contributed by atoms with Crippen LogP contribution in [0.1, 0.15) is 5.56 Å². The zero-order chi connectivity index (χ0) is 13.3. The lowest BCUT2D eigenvalue weighted by atomic mass is 10.2. The van der Waals surface area contributed by atoms with Crippen LogP contribution in [0, 0.1) is 6.92 Å². The lowest BCUT2D eigenvalue weighted by Gasteiger charge is -2.11. The quantitative estimate of drug-likeness (QED) is 0.814. The highest BCUT2D eigenvalue weighted by Gasteiger charge is 2.18. The fourth-order valence-corrected chi connectivity index (χ4v) is 2.82. The van der Waals surface area contributed by atoms with Gasteiger partial charge in [0.15, 0.2) is 5.03 Å². The third-order valence-electron chi connectivity index (χ3n) is 2.56. The minimum absolute atomic E-state index is 0.101. The van der Waals surface area contributed by atoms with Crippen molar-refractivity contribution in [3.63, 3.8) is 0 Å². The van der Waals surface area contributed by atoms with Crippen molar-refractivity contribution in [3.8, 4) is 0 Å². The van der Waals surface area contributed by atoms with Gasteiger partial charge < -0.3 is 5.73 Å². The Balaban J connectivity index is 2.40. The average Bonchev–Trinajstić information content (AvgIpc) is 2.70. The molecule has 0 aliphatic carbocycles. The maximum Gasteiger partial charge on any atom is 0.279 e. The van der Waals surface area contributed by atoms with E-state index >= 15 is 0 Å². The summed E-state index contributed by atoms with van der Waals surface area (Å²) >= 11 is 0. The number of nitrogen functional groups attached to an aromatic ring is 1. The maximum atomic E-state index is 12.1. The second kappa shape index (κ2) is 4.34. The fraction of sp³-hybridized carbons (Fsp3) is 0.182.